The number of hydrogen-bond acceptors (Lipinski definition) is 0. The predicted molar refractivity (Wildman–Crippen MR) is 71.8 cm³/mol. The Balaban J connectivity index is 2.07. The Morgan fingerprint density at radius 3 is 2.72 bits per heavy atom. The Labute approximate surface area is 120 Å². The third-order valence-corrected chi connectivity index (χ3v) is 4.73. The van der Waals surface area contributed by atoms with Crippen LogP contribution in [0, 0.1) is 0 Å². The summed E-state index contributed by atoms with van der Waals surface area (Å²) in [6.07, 6.45) is 10.2. The summed E-state index contributed by atoms with van der Waals surface area (Å²) in [7, 11) is 0. The average molecular weight is 267 g/mol. The maximum atomic E-state index is 2.37. The first-order valence-corrected chi connectivity index (χ1v) is 7.12. The number of hydrogen-bond donors (Lipinski definition) is 0. The first-order valence-electron chi connectivity index (χ1n) is 6.34. The van der Waals surface area contributed by atoms with Gasteiger partial charge in [0.1, 0.15) is 0 Å². The minimum absolute atomic E-state index is 0.503. The van der Waals surface area contributed by atoms with Gasteiger partial charge in [-0.25, -0.2) is 0 Å². The number of allylic oxidation sites excluding steroid dienone is 8. The second kappa shape index (κ2) is 4.87. The zero-order valence-electron chi connectivity index (χ0n) is 10.5. The summed E-state index contributed by atoms with van der Waals surface area (Å²) in [6.45, 7) is 2.21. The quantitative estimate of drug-likeness (QED) is 0.661. The Hall–Kier alpha value is -1.11. The van der Waals surface area contributed by atoms with Gasteiger partial charge in [-0.3, -0.25) is 0 Å². The molecule has 3 rings (SSSR count). The van der Waals surface area contributed by atoms with Crippen LogP contribution in [0.15, 0.2) is 75.2 Å². The van der Waals surface area contributed by atoms with Crippen molar-refractivity contribution in [1.82, 2.24) is 0 Å². The number of rotatable bonds is 1. The molecule has 0 heterocycles. The molecule has 0 saturated carbocycles. The van der Waals surface area contributed by atoms with Crippen LogP contribution < -0.4 is 0 Å². The molecule has 0 aromatic heterocycles. The van der Waals surface area contributed by atoms with E-state index in [9.17, 15) is 0 Å². The third-order valence-electron chi connectivity index (χ3n) is 3.69. The summed E-state index contributed by atoms with van der Waals surface area (Å²) in [5.41, 5.74) is 5.74. The molecule has 0 fully saturated rings. The number of benzene rings is 1. The molecule has 2 aliphatic rings. The van der Waals surface area contributed by atoms with Gasteiger partial charge in [0.25, 0.3) is 0 Å². The molecule has 1 heteroatoms. The summed E-state index contributed by atoms with van der Waals surface area (Å²) in [4.78, 5) is 0. The van der Waals surface area contributed by atoms with E-state index >= 15 is 0 Å². The summed E-state index contributed by atoms with van der Waals surface area (Å²) in [5.74, 6) is 0.503. The molecule has 1 unspecified atom stereocenters. The molecule has 0 aliphatic heterocycles. The van der Waals surface area contributed by atoms with Gasteiger partial charge < -0.3 is 0 Å². The van der Waals surface area contributed by atoms with Crippen molar-refractivity contribution in [2.75, 3.05) is 0 Å². The molecule has 87 valence electrons. The van der Waals surface area contributed by atoms with Crippen molar-refractivity contribution in [1.29, 1.82) is 0 Å². The Bertz CT molecular complexity index is 585. The first kappa shape index (κ1) is 12.0. The van der Waals surface area contributed by atoms with E-state index in [1.54, 1.807) is 0 Å². The van der Waals surface area contributed by atoms with E-state index in [0.29, 0.717) is 5.92 Å². The second-order valence-electron chi connectivity index (χ2n) is 4.87. The van der Waals surface area contributed by atoms with E-state index in [1.807, 2.05) is 0 Å². The Morgan fingerprint density at radius 2 is 1.94 bits per heavy atom. The standard InChI is InChI=1S/C17H15.Ti/c1-13-11-15-9-5-6-10-16(17(15)12-13)14-7-3-2-4-8-14;/h2-9,12,16H,10H2,1H3;. The van der Waals surface area contributed by atoms with E-state index in [4.69, 9.17) is 0 Å². The molecule has 2 aliphatic carbocycles. The molecule has 1 aromatic rings. The molecular weight excluding hydrogens is 252 g/mol. The van der Waals surface area contributed by atoms with Gasteiger partial charge >= 0.3 is 120 Å². The Kier molecular flexibility index (Phi) is 3.24. The van der Waals surface area contributed by atoms with E-state index in [0.717, 1.165) is 6.42 Å². The fraction of sp³-hybridized carbons (Fsp3) is 0.176. The van der Waals surface area contributed by atoms with Crippen molar-refractivity contribution in [2.45, 2.75) is 19.3 Å². The van der Waals surface area contributed by atoms with E-state index < -0.39 is 0 Å². The first-order chi connectivity index (χ1) is 8.77. The topological polar surface area (TPSA) is 0 Å². The molecule has 0 radical (unpaired) electrons. The molecule has 0 N–H and O–H groups in total. The number of fused-ring (bicyclic) bond motifs is 1. The maximum absolute atomic E-state index is 2.37. The molecule has 0 amide bonds. The zero-order valence-corrected chi connectivity index (χ0v) is 12.0. The molecular formula is C17H15Ti. The van der Waals surface area contributed by atoms with E-state index in [2.05, 4.69) is 82.0 Å². The van der Waals surface area contributed by atoms with Crippen LogP contribution >= 0.6 is 0 Å². The van der Waals surface area contributed by atoms with Gasteiger partial charge in [0, 0.05) is 0 Å². The fourth-order valence-corrected chi connectivity index (χ4v) is 3.18. The van der Waals surface area contributed by atoms with Crippen LogP contribution in [0.4, 0.5) is 0 Å². The van der Waals surface area contributed by atoms with Gasteiger partial charge in [0.05, 0.1) is 0 Å². The van der Waals surface area contributed by atoms with Gasteiger partial charge in [0.2, 0.25) is 0 Å². The second-order valence-corrected chi connectivity index (χ2v) is 5.65. The van der Waals surface area contributed by atoms with E-state index in [-0.39, 0.29) is 0 Å². The van der Waals surface area contributed by atoms with E-state index in [1.165, 1.54) is 26.2 Å². The van der Waals surface area contributed by atoms with Gasteiger partial charge in [0.15, 0.2) is 0 Å². The summed E-state index contributed by atoms with van der Waals surface area (Å²) < 4.78 is 1.43. The molecule has 18 heavy (non-hydrogen) atoms. The van der Waals surface area contributed by atoms with Gasteiger partial charge in [-0.2, -0.15) is 0 Å². The van der Waals surface area contributed by atoms with Crippen LogP contribution in [0.3, 0.4) is 0 Å². The molecule has 0 bridgehead atoms. The molecule has 0 spiro atoms. The Morgan fingerprint density at radius 1 is 1.17 bits per heavy atom. The zero-order chi connectivity index (χ0) is 12.5. The van der Waals surface area contributed by atoms with Crippen LogP contribution in [0.2, 0.25) is 0 Å². The van der Waals surface area contributed by atoms with Crippen LogP contribution in [-0.2, 0) is 20.4 Å². The van der Waals surface area contributed by atoms with Crippen LogP contribution in [-0.4, -0.2) is 0 Å². The molecule has 0 saturated heterocycles. The van der Waals surface area contributed by atoms with Crippen molar-refractivity contribution >= 4 is 0 Å². The van der Waals surface area contributed by atoms with Crippen molar-refractivity contribution in [3.05, 3.63) is 80.8 Å². The summed E-state index contributed by atoms with van der Waals surface area (Å²) in [6, 6.07) is 10.8. The average Bonchev–Trinajstić information content (AvgIpc) is 2.58. The van der Waals surface area contributed by atoms with Crippen molar-refractivity contribution < 1.29 is 20.4 Å². The van der Waals surface area contributed by atoms with Crippen molar-refractivity contribution in [2.24, 2.45) is 0 Å². The molecule has 1 aromatic carbocycles. The fourth-order valence-electron chi connectivity index (χ4n) is 2.71. The monoisotopic (exact) mass is 267 g/mol. The van der Waals surface area contributed by atoms with Gasteiger partial charge in [-0.1, -0.05) is 0 Å². The molecule has 0 nitrogen and oxygen atoms in total. The summed E-state index contributed by atoms with van der Waals surface area (Å²) in [5, 5.41) is 0. The molecule has 1 atom stereocenters. The van der Waals surface area contributed by atoms with Crippen molar-refractivity contribution in [3.8, 4) is 0 Å². The van der Waals surface area contributed by atoms with Crippen LogP contribution in [0.5, 0.6) is 0 Å². The van der Waals surface area contributed by atoms with Crippen LogP contribution in [0.25, 0.3) is 0 Å². The predicted octanol–water partition coefficient (Wildman–Crippen LogP) is 4.42. The van der Waals surface area contributed by atoms with Gasteiger partial charge in [-0.15, -0.1) is 0 Å². The third kappa shape index (κ3) is 2.00. The summed E-state index contributed by atoms with van der Waals surface area (Å²) >= 11 is 2.23. The normalized spacial score (nSPS) is 22.3. The van der Waals surface area contributed by atoms with Crippen molar-refractivity contribution in [3.63, 3.8) is 0 Å². The van der Waals surface area contributed by atoms with Crippen LogP contribution in [0.1, 0.15) is 24.8 Å². The van der Waals surface area contributed by atoms with Gasteiger partial charge in [-0.05, 0) is 0 Å². The SMILES string of the molecule is CC1=[C]([Ti])C2=CC=CCC(c3ccccc3)C2=C1. The minimum atomic E-state index is 0.503.